The molecule has 0 atom stereocenters. The van der Waals surface area contributed by atoms with Crippen LogP contribution in [0.25, 0.3) is 11.7 Å². The van der Waals surface area contributed by atoms with Gasteiger partial charge in [-0.15, -0.1) is 0 Å². The molecular formula is C18H20N4O4S. The molecule has 9 heteroatoms. The second-order valence-electron chi connectivity index (χ2n) is 5.86. The Bertz CT molecular complexity index is 969. The highest BCUT2D eigenvalue weighted by molar-refractivity contribution is 8.18. The summed E-state index contributed by atoms with van der Waals surface area (Å²) < 4.78 is 6.43. The third-order valence-corrected chi connectivity index (χ3v) is 4.87. The molecule has 27 heavy (non-hydrogen) atoms. The first-order chi connectivity index (χ1) is 13.1. The van der Waals surface area contributed by atoms with E-state index in [4.69, 9.17) is 4.74 Å². The molecule has 0 saturated carbocycles. The summed E-state index contributed by atoms with van der Waals surface area (Å²) in [5.74, 6) is -0.0298. The molecule has 1 aliphatic rings. The van der Waals surface area contributed by atoms with Crippen molar-refractivity contribution in [3.05, 3.63) is 45.2 Å². The number of fused-ring (bicyclic) bond motifs is 1. The molecule has 2 amide bonds. The number of hydrogen-bond donors (Lipinski definition) is 1. The molecule has 0 unspecified atom stereocenters. The number of imide groups is 1. The summed E-state index contributed by atoms with van der Waals surface area (Å²) in [5, 5.41) is 2.75. The van der Waals surface area contributed by atoms with E-state index in [2.05, 4.69) is 10.3 Å². The first-order valence-corrected chi connectivity index (χ1v) is 9.38. The SMILES string of the molecule is CCCN1C(=O)SC(=Cc2c(NCCOC)nc3ccccn3c2=O)C1=O. The molecule has 1 aliphatic heterocycles. The molecule has 3 heterocycles. The van der Waals surface area contributed by atoms with E-state index in [0.29, 0.717) is 37.6 Å². The summed E-state index contributed by atoms with van der Waals surface area (Å²) in [6.07, 6.45) is 3.74. The van der Waals surface area contributed by atoms with E-state index < -0.39 is 0 Å². The number of amides is 2. The van der Waals surface area contributed by atoms with Crippen LogP contribution in [-0.2, 0) is 9.53 Å². The number of rotatable bonds is 7. The molecule has 8 nitrogen and oxygen atoms in total. The van der Waals surface area contributed by atoms with Crippen LogP contribution in [0, 0.1) is 0 Å². The van der Waals surface area contributed by atoms with Gasteiger partial charge in [0.15, 0.2) is 0 Å². The molecule has 0 bridgehead atoms. The smallest absolute Gasteiger partial charge is 0.293 e. The highest BCUT2D eigenvalue weighted by Crippen LogP contribution is 2.32. The van der Waals surface area contributed by atoms with Crippen LogP contribution in [0.2, 0.25) is 0 Å². The zero-order chi connectivity index (χ0) is 19.4. The van der Waals surface area contributed by atoms with Crippen molar-refractivity contribution in [1.29, 1.82) is 0 Å². The third kappa shape index (κ3) is 3.88. The minimum Gasteiger partial charge on any atom is -0.383 e. The van der Waals surface area contributed by atoms with Crippen LogP contribution in [0.5, 0.6) is 0 Å². The number of ether oxygens (including phenoxy) is 1. The molecule has 2 aromatic heterocycles. The molecule has 0 spiro atoms. The Kier molecular flexibility index (Phi) is 5.92. The van der Waals surface area contributed by atoms with E-state index in [1.807, 2.05) is 6.92 Å². The van der Waals surface area contributed by atoms with Crippen molar-refractivity contribution in [2.24, 2.45) is 0 Å². The lowest BCUT2D eigenvalue weighted by Gasteiger charge is -2.11. The Labute approximate surface area is 160 Å². The fraction of sp³-hybridized carbons (Fsp3) is 0.333. The van der Waals surface area contributed by atoms with Crippen LogP contribution in [0.4, 0.5) is 10.6 Å². The molecule has 3 rings (SSSR count). The summed E-state index contributed by atoms with van der Waals surface area (Å²) in [6, 6.07) is 5.24. The van der Waals surface area contributed by atoms with Crippen molar-refractivity contribution in [2.75, 3.05) is 32.1 Å². The minimum absolute atomic E-state index is 0.220. The highest BCUT2D eigenvalue weighted by atomic mass is 32.2. The van der Waals surface area contributed by atoms with Gasteiger partial charge in [0.25, 0.3) is 16.7 Å². The first kappa shape index (κ1) is 19.1. The van der Waals surface area contributed by atoms with E-state index in [9.17, 15) is 14.4 Å². The molecule has 2 aromatic rings. The number of thioether (sulfide) groups is 1. The fourth-order valence-electron chi connectivity index (χ4n) is 2.69. The number of pyridine rings is 1. The Morgan fingerprint density at radius 1 is 1.30 bits per heavy atom. The quantitative estimate of drug-likeness (QED) is 0.574. The second kappa shape index (κ2) is 8.36. The minimum atomic E-state index is -0.382. The zero-order valence-corrected chi connectivity index (χ0v) is 15.9. The van der Waals surface area contributed by atoms with Crippen molar-refractivity contribution >= 4 is 40.4 Å². The Balaban J connectivity index is 2.08. The van der Waals surface area contributed by atoms with E-state index in [-0.39, 0.29) is 27.2 Å². The summed E-state index contributed by atoms with van der Waals surface area (Å²) >= 11 is 0.838. The van der Waals surface area contributed by atoms with Crippen LogP contribution < -0.4 is 10.9 Å². The lowest BCUT2D eigenvalue weighted by Crippen LogP contribution is -2.28. The summed E-state index contributed by atoms with van der Waals surface area (Å²) in [6.45, 7) is 3.13. The van der Waals surface area contributed by atoms with E-state index in [0.717, 1.165) is 11.8 Å². The molecule has 1 fully saturated rings. The van der Waals surface area contributed by atoms with E-state index in [1.54, 1.807) is 31.5 Å². The number of carbonyl (C=O) groups is 2. The van der Waals surface area contributed by atoms with Crippen molar-refractivity contribution in [3.63, 3.8) is 0 Å². The number of nitrogens with one attached hydrogen (secondary N) is 1. The van der Waals surface area contributed by atoms with E-state index in [1.165, 1.54) is 15.4 Å². The lowest BCUT2D eigenvalue weighted by atomic mass is 10.2. The van der Waals surface area contributed by atoms with Gasteiger partial charge in [-0.05, 0) is 36.4 Å². The van der Waals surface area contributed by atoms with Gasteiger partial charge in [0.2, 0.25) is 0 Å². The van der Waals surface area contributed by atoms with Crippen LogP contribution in [0.1, 0.15) is 18.9 Å². The van der Waals surface area contributed by atoms with Crippen LogP contribution in [0.3, 0.4) is 0 Å². The van der Waals surface area contributed by atoms with Gasteiger partial charge in [-0.3, -0.25) is 23.7 Å². The second-order valence-corrected chi connectivity index (χ2v) is 6.85. The number of carbonyl (C=O) groups excluding carboxylic acids is 2. The number of anilines is 1. The maximum absolute atomic E-state index is 13.0. The third-order valence-electron chi connectivity index (χ3n) is 3.96. The summed E-state index contributed by atoms with van der Waals surface area (Å²) in [7, 11) is 1.58. The van der Waals surface area contributed by atoms with E-state index >= 15 is 0 Å². The molecule has 1 N–H and O–H groups in total. The Hall–Kier alpha value is -2.65. The number of nitrogens with zero attached hydrogens (tertiary/aromatic N) is 3. The maximum Gasteiger partial charge on any atom is 0.293 e. The highest BCUT2D eigenvalue weighted by Gasteiger charge is 2.34. The van der Waals surface area contributed by atoms with Gasteiger partial charge >= 0.3 is 0 Å². The van der Waals surface area contributed by atoms with Gasteiger partial charge in [0.05, 0.1) is 17.1 Å². The average molecular weight is 388 g/mol. The van der Waals surface area contributed by atoms with Crippen LogP contribution in [-0.4, -0.2) is 52.2 Å². The summed E-state index contributed by atoms with van der Waals surface area (Å²) in [4.78, 5) is 43.4. The molecular weight excluding hydrogens is 368 g/mol. The van der Waals surface area contributed by atoms with Gasteiger partial charge in [-0.1, -0.05) is 13.0 Å². The summed E-state index contributed by atoms with van der Waals surface area (Å²) in [5.41, 5.74) is 0.401. The number of aromatic nitrogens is 2. The Morgan fingerprint density at radius 2 is 2.11 bits per heavy atom. The predicted octanol–water partition coefficient (Wildman–Crippen LogP) is 2.20. The first-order valence-electron chi connectivity index (χ1n) is 8.56. The van der Waals surface area contributed by atoms with Crippen molar-refractivity contribution in [2.45, 2.75) is 13.3 Å². The maximum atomic E-state index is 13.0. The normalized spacial score (nSPS) is 15.9. The van der Waals surface area contributed by atoms with Gasteiger partial charge in [0.1, 0.15) is 11.5 Å². The van der Waals surface area contributed by atoms with Crippen LogP contribution in [0.15, 0.2) is 34.1 Å². The zero-order valence-electron chi connectivity index (χ0n) is 15.1. The monoisotopic (exact) mass is 388 g/mol. The molecule has 0 aromatic carbocycles. The standard InChI is InChI=1S/C18H20N4O4S/c1-3-8-22-17(24)13(27-18(22)25)11-12-15(19-7-10-26-2)20-14-6-4-5-9-21(14)16(12)23/h4-6,9,11,19H,3,7-8,10H2,1-2H3. The van der Waals surface area contributed by atoms with Gasteiger partial charge in [-0.2, -0.15) is 0 Å². The number of hydrogen-bond acceptors (Lipinski definition) is 7. The van der Waals surface area contributed by atoms with Gasteiger partial charge in [0, 0.05) is 26.4 Å². The molecule has 142 valence electrons. The Morgan fingerprint density at radius 3 is 2.85 bits per heavy atom. The largest absolute Gasteiger partial charge is 0.383 e. The van der Waals surface area contributed by atoms with Crippen molar-refractivity contribution in [3.8, 4) is 0 Å². The predicted molar refractivity (Wildman–Crippen MR) is 105 cm³/mol. The molecule has 0 radical (unpaired) electrons. The average Bonchev–Trinajstić information content (AvgIpc) is 2.93. The van der Waals surface area contributed by atoms with Crippen LogP contribution >= 0.6 is 11.8 Å². The van der Waals surface area contributed by atoms with Crippen molar-refractivity contribution < 1.29 is 14.3 Å². The number of methoxy groups -OCH3 is 1. The molecule has 1 saturated heterocycles. The fourth-order valence-corrected chi connectivity index (χ4v) is 3.53. The molecule has 0 aliphatic carbocycles. The van der Waals surface area contributed by atoms with Crippen molar-refractivity contribution in [1.82, 2.24) is 14.3 Å². The van der Waals surface area contributed by atoms with Gasteiger partial charge in [-0.25, -0.2) is 4.98 Å². The topological polar surface area (TPSA) is 93.0 Å². The lowest BCUT2D eigenvalue weighted by molar-refractivity contribution is -0.122. The van der Waals surface area contributed by atoms with Gasteiger partial charge < -0.3 is 10.1 Å².